The van der Waals surface area contributed by atoms with Crippen LogP contribution in [0.1, 0.15) is 58.9 Å². The lowest BCUT2D eigenvalue weighted by Gasteiger charge is -2.26. The van der Waals surface area contributed by atoms with Gasteiger partial charge in [0.2, 0.25) is 5.91 Å². The maximum atomic E-state index is 12.4. The topological polar surface area (TPSA) is 87.7 Å². The van der Waals surface area contributed by atoms with Crippen molar-refractivity contribution < 1.29 is 19.4 Å². The van der Waals surface area contributed by atoms with E-state index in [1.165, 1.54) is 5.39 Å². The van der Waals surface area contributed by atoms with Gasteiger partial charge >= 0.3 is 5.97 Å². The Morgan fingerprint density at radius 3 is 2.50 bits per heavy atom. The fourth-order valence-electron chi connectivity index (χ4n) is 4.29. The molecule has 0 aromatic heterocycles. The SMILES string of the molecule is CC[C@H]1CC1(NC(=O)C1CCCN1)C(=O)OC(C)(C)C.OCc1cccc2ccccc12. The van der Waals surface area contributed by atoms with E-state index in [1.54, 1.807) is 0 Å². The first-order chi connectivity index (χ1) is 15.2. The summed E-state index contributed by atoms with van der Waals surface area (Å²) in [6.07, 6.45) is 3.41. The predicted octanol–water partition coefficient (Wildman–Crippen LogP) is 3.70. The van der Waals surface area contributed by atoms with Crippen molar-refractivity contribution >= 4 is 22.6 Å². The zero-order valence-electron chi connectivity index (χ0n) is 19.6. The van der Waals surface area contributed by atoms with Gasteiger partial charge < -0.3 is 20.5 Å². The molecule has 0 spiro atoms. The van der Waals surface area contributed by atoms with Gasteiger partial charge in [0.05, 0.1) is 12.6 Å². The summed E-state index contributed by atoms with van der Waals surface area (Å²) in [5, 5.41) is 17.5. The normalized spacial score (nSPS) is 24.4. The first-order valence-corrected chi connectivity index (χ1v) is 11.6. The van der Waals surface area contributed by atoms with Gasteiger partial charge in [0, 0.05) is 0 Å². The number of esters is 1. The molecule has 1 saturated carbocycles. The summed E-state index contributed by atoms with van der Waals surface area (Å²) in [6.45, 7) is 8.57. The van der Waals surface area contributed by atoms with Crippen molar-refractivity contribution in [2.24, 2.45) is 5.92 Å². The lowest BCUT2D eigenvalue weighted by Crippen LogP contribution is -2.52. The lowest BCUT2D eigenvalue weighted by molar-refractivity contribution is -0.160. The van der Waals surface area contributed by atoms with Crippen LogP contribution in [0.5, 0.6) is 0 Å². The lowest BCUT2D eigenvalue weighted by atomic mass is 10.1. The number of fused-ring (bicyclic) bond motifs is 1. The second kappa shape index (κ2) is 10.0. The third-order valence-electron chi connectivity index (χ3n) is 6.13. The average Bonchev–Trinajstić information content (AvgIpc) is 3.19. The molecule has 32 heavy (non-hydrogen) atoms. The van der Waals surface area contributed by atoms with Crippen LogP contribution in [0.4, 0.5) is 0 Å². The molecule has 2 aromatic carbocycles. The third-order valence-corrected chi connectivity index (χ3v) is 6.13. The summed E-state index contributed by atoms with van der Waals surface area (Å²) in [5.74, 6) is -0.157. The fourth-order valence-corrected chi connectivity index (χ4v) is 4.29. The van der Waals surface area contributed by atoms with Gasteiger partial charge in [0.15, 0.2) is 0 Å². The van der Waals surface area contributed by atoms with Gasteiger partial charge in [-0.3, -0.25) is 4.79 Å². The number of nitrogens with one attached hydrogen (secondary N) is 2. The molecule has 2 unspecified atom stereocenters. The predicted molar refractivity (Wildman–Crippen MR) is 126 cm³/mol. The Labute approximate surface area is 190 Å². The Kier molecular flexibility index (Phi) is 7.57. The Balaban J connectivity index is 0.000000204. The van der Waals surface area contributed by atoms with Crippen molar-refractivity contribution in [3.8, 4) is 0 Å². The van der Waals surface area contributed by atoms with Crippen LogP contribution >= 0.6 is 0 Å². The molecule has 0 radical (unpaired) electrons. The number of hydrogen-bond donors (Lipinski definition) is 3. The summed E-state index contributed by atoms with van der Waals surface area (Å²) in [4.78, 5) is 24.7. The van der Waals surface area contributed by atoms with Gasteiger partial charge in [-0.25, -0.2) is 4.79 Å². The van der Waals surface area contributed by atoms with Gasteiger partial charge in [-0.2, -0.15) is 0 Å². The van der Waals surface area contributed by atoms with Crippen LogP contribution < -0.4 is 10.6 Å². The quantitative estimate of drug-likeness (QED) is 0.617. The molecule has 6 heteroatoms. The molecule has 6 nitrogen and oxygen atoms in total. The molecular weight excluding hydrogens is 404 g/mol. The van der Waals surface area contributed by atoms with Gasteiger partial charge in [-0.1, -0.05) is 55.8 Å². The van der Waals surface area contributed by atoms with Crippen molar-refractivity contribution in [1.29, 1.82) is 0 Å². The third kappa shape index (κ3) is 5.67. The summed E-state index contributed by atoms with van der Waals surface area (Å²) >= 11 is 0. The molecule has 1 aliphatic carbocycles. The van der Waals surface area contributed by atoms with E-state index < -0.39 is 11.1 Å². The molecule has 2 aromatic rings. The largest absolute Gasteiger partial charge is 0.458 e. The molecule has 4 rings (SSSR count). The van der Waals surface area contributed by atoms with Gasteiger partial charge in [-0.05, 0) is 68.8 Å². The molecule has 1 saturated heterocycles. The number of benzene rings is 2. The van der Waals surface area contributed by atoms with E-state index in [4.69, 9.17) is 9.84 Å². The van der Waals surface area contributed by atoms with E-state index in [0.29, 0.717) is 6.42 Å². The molecule has 2 aliphatic rings. The second-order valence-electron chi connectivity index (χ2n) is 9.72. The highest BCUT2D eigenvalue weighted by atomic mass is 16.6. The highest BCUT2D eigenvalue weighted by molar-refractivity contribution is 5.93. The van der Waals surface area contributed by atoms with Crippen LogP contribution in [-0.4, -0.2) is 40.7 Å². The van der Waals surface area contributed by atoms with Crippen molar-refractivity contribution in [1.82, 2.24) is 10.6 Å². The minimum absolute atomic E-state index is 0.0655. The maximum absolute atomic E-state index is 12.4. The van der Waals surface area contributed by atoms with Crippen LogP contribution in [0.15, 0.2) is 42.5 Å². The summed E-state index contributed by atoms with van der Waals surface area (Å²) in [7, 11) is 0. The number of aliphatic hydroxyl groups is 1. The molecule has 0 bridgehead atoms. The molecule has 1 amide bonds. The Morgan fingerprint density at radius 1 is 1.19 bits per heavy atom. The molecule has 1 aliphatic heterocycles. The summed E-state index contributed by atoms with van der Waals surface area (Å²) in [6, 6.07) is 13.9. The maximum Gasteiger partial charge on any atom is 0.332 e. The molecule has 1 heterocycles. The van der Waals surface area contributed by atoms with Crippen LogP contribution in [0.3, 0.4) is 0 Å². The molecule has 2 fully saturated rings. The van der Waals surface area contributed by atoms with Crippen molar-refractivity contribution in [2.45, 2.75) is 77.2 Å². The van der Waals surface area contributed by atoms with E-state index in [9.17, 15) is 9.59 Å². The number of carbonyl (C=O) groups excluding carboxylic acids is 2. The molecule has 174 valence electrons. The molecular formula is C26H36N2O4. The van der Waals surface area contributed by atoms with Crippen LogP contribution in [-0.2, 0) is 20.9 Å². The van der Waals surface area contributed by atoms with Gasteiger partial charge in [0.25, 0.3) is 0 Å². The van der Waals surface area contributed by atoms with Crippen molar-refractivity contribution in [3.63, 3.8) is 0 Å². The number of hydrogen-bond acceptors (Lipinski definition) is 5. The van der Waals surface area contributed by atoms with Crippen molar-refractivity contribution in [3.05, 3.63) is 48.0 Å². The number of amides is 1. The monoisotopic (exact) mass is 440 g/mol. The zero-order valence-corrected chi connectivity index (χ0v) is 19.6. The van der Waals surface area contributed by atoms with Crippen LogP contribution in [0.2, 0.25) is 0 Å². The van der Waals surface area contributed by atoms with E-state index >= 15 is 0 Å². The van der Waals surface area contributed by atoms with E-state index in [0.717, 1.165) is 36.8 Å². The van der Waals surface area contributed by atoms with Gasteiger partial charge in [-0.15, -0.1) is 0 Å². The number of carbonyl (C=O) groups is 2. The number of aliphatic hydroxyl groups excluding tert-OH is 1. The van der Waals surface area contributed by atoms with Gasteiger partial charge in [0.1, 0.15) is 11.1 Å². The highest BCUT2D eigenvalue weighted by Crippen LogP contribution is 2.47. The second-order valence-corrected chi connectivity index (χ2v) is 9.72. The van der Waals surface area contributed by atoms with E-state index in [1.807, 2.05) is 58.0 Å². The minimum atomic E-state index is -0.788. The Morgan fingerprint density at radius 2 is 1.91 bits per heavy atom. The molecule has 3 N–H and O–H groups in total. The van der Waals surface area contributed by atoms with E-state index in [-0.39, 0.29) is 30.4 Å². The number of rotatable bonds is 5. The van der Waals surface area contributed by atoms with Crippen molar-refractivity contribution in [2.75, 3.05) is 6.54 Å². The molecule has 3 atom stereocenters. The number of ether oxygens (including phenoxy) is 1. The van der Waals surface area contributed by atoms with Crippen LogP contribution in [0, 0.1) is 5.92 Å². The van der Waals surface area contributed by atoms with Crippen LogP contribution in [0.25, 0.3) is 10.8 Å². The smallest absolute Gasteiger partial charge is 0.332 e. The standard InChI is InChI=1S/C15H26N2O3.C11H10O/c1-5-10-9-15(10,13(19)20-14(2,3)4)17-12(18)11-7-6-8-16-11;12-8-10-6-3-5-9-4-1-2-7-11(9)10/h10-11,16H,5-9H2,1-4H3,(H,17,18);1-7,12H,8H2/t10-,11?,15?;/m0./s1. The Bertz CT molecular complexity index is 941. The first-order valence-electron chi connectivity index (χ1n) is 11.6. The van der Waals surface area contributed by atoms with E-state index in [2.05, 4.69) is 22.8 Å². The average molecular weight is 441 g/mol. The highest BCUT2D eigenvalue weighted by Gasteiger charge is 2.62. The summed E-state index contributed by atoms with van der Waals surface area (Å²) in [5.41, 5.74) is -0.321. The summed E-state index contributed by atoms with van der Waals surface area (Å²) < 4.78 is 5.49. The first kappa shape index (κ1) is 24.2. The minimum Gasteiger partial charge on any atom is -0.458 e. The fraction of sp³-hybridized carbons (Fsp3) is 0.538. The Hall–Kier alpha value is -2.44. The zero-order chi connectivity index (χ0) is 23.4.